The van der Waals surface area contributed by atoms with Gasteiger partial charge in [0.15, 0.2) is 11.5 Å². The van der Waals surface area contributed by atoms with Gasteiger partial charge in [0.05, 0.1) is 18.8 Å². The first-order valence-corrected chi connectivity index (χ1v) is 6.44. The topological polar surface area (TPSA) is 44.8 Å². The Hall–Kier alpha value is -1.85. The van der Waals surface area contributed by atoms with Crippen LogP contribution in [0.4, 0.5) is 8.78 Å². The van der Waals surface area contributed by atoms with Crippen LogP contribution in [0.5, 0.6) is 11.5 Å². The summed E-state index contributed by atoms with van der Waals surface area (Å²) in [5, 5.41) is 0. The smallest absolute Gasteiger partial charge is 0.387 e. The molecule has 0 amide bonds. The molecule has 1 aliphatic carbocycles. The van der Waals surface area contributed by atoms with Crippen molar-refractivity contribution in [2.75, 3.05) is 7.11 Å². The first kappa shape index (κ1) is 14.6. The molecular weight excluding hydrogens is 270 g/mol. The number of rotatable bonds is 5. The lowest BCUT2D eigenvalue weighted by molar-refractivity contribution is -0.0520. The molecule has 0 unspecified atom stereocenters. The molecule has 1 aromatic carbocycles. The molecule has 1 aliphatic rings. The predicted octanol–water partition coefficient (Wildman–Crippen LogP) is 3.40. The van der Waals surface area contributed by atoms with E-state index in [1.54, 1.807) is 0 Å². The van der Waals surface area contributed by atoms with Gasteiger partial charge in [-0.2, -0.15) is 8.78 Å². The monoisotopic (exact) mass is 286 g/mol. The number of methoxy groups -OCH3 is 1. The Labute approximate surface area is 115 Å². The van der Waals surface area contributed by atoms with Crippen LogP contribution in [0.3, 0.4) is 0 Å². The van der Waals surface area contributed by atoms with Crippen LogP contribution in [0.1, 0.15) is 36.0 Å². The van der Waals surface area contributed by atoms with Crippen LogP contribution in [0.2, 0.25) is 0 Å². The number of halogens is 2. The van der Waals surface area contributed by atoms with Gasteiger partial charge in [0.1, 0.15) is 0 Å². The number of hydrogen-bond donors (Lipinski definition) is 0. The summed E-state index contributed by atoms with van der Waals surface area (Å²) < 4.78 is 39.4. The summed E-state index contributed by atoms with van der Waals surface area (Å²) in [6.07, 6.45) is 3.81. The van der Waals surface area contributed by atoms with Crippen LogP contribution in [0.15, 0.2) is 18.2 Å². The molecule has 6 heteroatoms. The molecule has 0 radical (unpaired) electrons. The highest BCUT2D eigenvalue weighted by atomic mass is 19.3. The lowest BCUT2D eigenvalue weighted by Crippen LogP contribution is -2.13. The van der Waals surface area contributed by atoms with E-state index in [0.717, 1.165) is 25.7 Å². The highest BCUT2D eigenvalue weighted by Gasteiger charge is 2.21. The molecule has 2 rings (SSSR count). The normalized spacial score (nSPS) is 15.4. The molecule has 0 N–H and O–H groups in total. The summed E-state index contributed by atoms with van der Waals surface area (Å²) >= 11 is 0. The molecule has 0 bridgehead atoms. The minimum atomic E-state index is -2.94. The van der Waals surface area contributed by atoms with Gasteiger partial charge in [0.2, 0.25) is 0 Å². The second-order valence-corrected chi connectivity index (χ2v) is 4.56. The van der Waals surface area contributed by atoms with E-state index < -0.39 is 12.6 Å². The maximum atomic E-state index is 12.4. The number of esters is 1. The summed E-state index contributed by atoms with van der Waals surface area (Å²) in [4.78, 5) is 11.5. The summed E-state index contributed by atoms with van der Waals surface area (Å²) in [7, 11) is 1.25. The molecule has 1 fully saturated rings. The van der Waals surface area contributed by atoms with Crippen molar-refractivity contribution in [2.24, 2.45) is 0 Å². The van der Waals surface area contributed by atoms with Gasteiger partial charge in [0, 0.05) is 0 Å². The van der Waals surface area contributed by atoms with Gasteiger partial charge in [-0.15, -0.1) is 0 Å². The van der Waals surface area contributed by atoms with Crippen LogP contribution >= 0.6 is 0 Å². The SMILES string of the molecule is COC(=O)c1ccc(OC(F)F)c(OC2CCCC2)c1. The molecule has 0 heterocycles. The summed E-state index contributed by atoms with van der Waals surface area (Å²) in [5.74, 6) is -0.468. The molecule has 1 aromatic rings. The summed E-state index contributed by atoms with van der Waals surface area (Å²) in [6.45, 7) is -2.94. The summed E-state index contributed by atoms with van der Waals surface area (Å²) in [5.41, 5.74) is 0.238. The molecule has 20 heavy (non-hydrogen) atoms. The average Bonchev–Trinajstić information content (AvgIpc) is 2.92. The van der Waals surface area contributed by atoms with Crippen molar-refractivity contribution in [1.82, 2.24) is 0 Å². The number of hydrogen-bond acceptors (Lipinski definition) is 4. The molecule has 0 aromatic heterocycles. The number of alkyl halides is 2. The Kier molecular flexibility index (Phi) is 4.76. The lowest BCUT2D eigenvalue weighted by atomic mass is 10.2. The molecule has 110 valence electrons. The van der Waals surface area contributed by atoms with Crippen LogP contribution in [0, 0.1) is 0 Å². The van der Waals surface area contributed by atoms with Crippen molar-refractivity contribution in [1.29, 1.82) is 0 Å². The van der Waals surface area contributed by atoms with Crippen molar-refractivity contribution in [2.45, 2.75) is 38.4 Å². The van der Waals surface area contributed by atoms with Gasteiger partial charge < -0.3 is 14.2 Å². The Morgan fingerprint density at radius 2 is 1.95 bits per heavy atom. The molecule has 4 nitrogen and oxygen atoms in total. The second-order valence-electron chi connectivity index (χ2n) is 4.56. The van der Waals surface area contributed by atoms with Crippen LogP contribution in [-0.4, -0.2) is 25.8 Å². The van der Waals surface area contributed by atoms with Gasteiger partial charge >= 0.3 is 12.6 Å². The maximum absolute atomic E-state index is 12.4. The van der Waals surface area contributed by atoms with E-state index in [1.165, 1.54) is 25.3 Å². The highest BCUT2D eigenvalue weighted by molar-refractivity contribution is 5.90. The maximum Gasteiger partial charge on any atom is 0.387 e. The van der Waals surface area contributed by atoms with Gasteiger partial charge in [-0.25, -0.2) is 4.79 Å². The lowest BCUT2D eigenvalue weighted by Gasteiger charge is -2.17. The number of carbonyl (C=O) groups excluding carboxylic acids is 1. The van der Waals surface area contributed by atoms with Crippen molar-refractivity contribution in [3.8, 4) is 11.5 Å². The Bertz CT molecular complexity index is 470. The molecule has 0 aliphatic heterocycles. The average molecular weight is 286 g/mol. The van der Waals surface area contributed by atoms with Crippen molar-refractivity contribution in [3.05, 3.63) is 23.8 Å². The Morgan fingerprint density at radius 1 is 1.25 bits per heavy atom. The van der Waals surface area contributed by atoms with Crippen molar-refractivity contribution in [3.63, 3.8) is 0 Å². The van der Waals surface area contributed by atoms with Gasteiger partial charge in [-0.1, -0.05) is 0 Å². The zero-order chi connectivity index (χ0) is 14.5. The van der Waals surface area contributed by atoms with Gasteiger partial charge in [-0.05, 0) is 43.9 Å². The second kappa shape index (κ2) is 6.54. The third-order valence-electron chi connectivity index (χ3n) is 3.18. The van der Waals surface area contributed by atoms with E-state index in [1.807, 2.05) is 0 Å². The van der Waals surface area contributed by atoms with Crippen molar-refractivity contribution < 1.29 is 27.8 Å². The minimum absolute atomic E-state index is 0.0251. The first-order valence-electron chi connectivity index (χ1n) is 6.44. The Morgan fingerprint density at radius 3 is 2.55 bits per heavy atom. The number of ether oxygens (including phenoxy) is 3. The van der Waals surface area contributed by atoms with E-state index >= 15 is 0 Å². The fraction of sp³-hybridized carbons (Fsp3) is 0.500. The fourth-order valence-electron chi connectivity index (χ4n) is 2.22. The zero-order valence-electron chi connectivity index (χ0n) is 11.1. The third-order valence-corrected chi connectivity index (χ3v) is 3.18. The van der Waals surface area contributed by atoms with E-state index in [4.69, 9.17) is 4.74 Å². The largest absolute Gasteiger partial charge is 0.487 e. The van der Waals surface area contributed by atoms with Gasteiger partial charge in [0.25, 0.3) is 0 Å². The standard InChI is InChI=1S/C14H16F2O4/c1-18-13(17)9-6-7-11(20-14(15)16)12(8-9)19-10-4-2-3-5-10/h6-8,10,14H,2-5H2,1H3. The molecule has 0 spiro atoms. The minimum Gasteiger partial charge on any atom is -0.487 e. The first-order chi connectivity index (χ1) is 9.60. The number of benzene rings is 1. The summed E-state index contributed by atoms with van der Waals surface area (Å²) in [6, 6.07) is 4.04. The zero-order valence-corrected chi connectivity index (χ0v) is 11.1. The number of carbonyl (C=O) groups is 1. The fourth-order valence-corrected chi connectivity index (χ4v) is 2.22. The highest BCUT2D eigenvalue weighted by Crippen LogP contribution is 2.33. The van der Waals surface area contributed by atoms with Crippen LogP contribution in [0.25, 0.3) is 0 Å². The molecule has 1 saturated carbocycles. The Balaban J connectivity index is 2.23. The molecular formula is C14H16F2O4. The van der Waals surface area contributed by atoms with E-state index in [9.17, 15) is 13.6 Å². The van der Waals surface area contributed by atoms with E-state index in [0.29, 0.717) is 0 Å². The van der Waals surface area contributed by atoms with E-state index in [-0.39, 0.29) is 23.2 Å². The third kappa shape index (κ3) is 3.59. The quantitative estimate of drug-likeness (QED) is 0.778. The molecule has 0 atom stereocenters. The van der Waals surface area contributed by atoms with Crippen molar-refractivity contribution >= 4 is 5.97 Å². The molecule has 0 saturated heterocycles. The van der Waals surface area contributed by atoms with Crippen LogP contribution < -0.4 is 9.47 Å². The predicted molar refractivity (Wildman–Crippen MR) is 67.3 cm³/mol. The van der Waals surface area contributed by atoms with E-state index in [2.05, 4.69) is 9.47 Å². The van der Waals surface area contributed by atoms with Crippen LogP contribution in [-0.2, 0) is 4.74 Å². The van der Waals surface area contributed by atoms with Gasteiger partial charge in [-0.3, -0.25) is 0 Å².